The van der Waals surface area contributed by atoms with Crippen LogP contribution < -0.4 is 5.32 Å². The van der Waals surface area contributed by atoms with Crippen LogP contribution in [0.2, 0.25) is 0 Å². The first-order valence-electron chi connectivity index (χ1n) is 19.0. The van der Waals surface area contributed by atoms with Crippen molar-refractivity contribution in [1.29, 1.82) is 0 Å². The van der Waals surface area contributed by atoms with Crippen LogP contribution in [0, 0.1) is 0 Å². The highest BCUT2D eigenvalue weighted by atomic mass is 16.3. The van der Waals surface area contributed by atoms with E-state index >= 15 is 0 Å². The van der Waals surface area contributed by atoms with Crippen LogP contribution in [-0.2, 0) is 19.2 Å². The zero-order chi connectivity index (χ0) is 38.5. The molecule has 7 heteroatoms. The highest BCUT2D eigenvalue weighted by Crippen LogP contribution is 2.29. The number of ketones is 4. The summed E-state index contributed by atoms with van der Waals surface area (Å²) in [5.74, 6) is -2.05. The minimum Gasteiger partial charge on any atom is -0.505 e. The standard InChI is InChI=1S/C23H35NO3.C21H30O3/c1-6-8-9-13-18-20(24-7-2)21(25)19(23(27)22(18)26)15-14-17(5)12-10-11-16(3)4;1-5-6-7-11-17-14-19(22)18(21(24)20(17)23)13-12-16(4)10-8-9-15(2)3/h11,14,24-25H,6-10,12-13,15H2,1-5H3;9,12,14,24H,5-8,10-11,13H2,1-4H3/b17-14+;16-12+. The number of hydrogen-bond donors (Lipinski definition) is 3. The predicted octanol–water partition coefficient (Wildman–Crippen LogP) is 11.0. The SMILES string of the molecule is CCCCCC1=C(NCC)C(O)=C(C/C=C(\C)CCC=C(C)C)C(=O)C1=O.CCCCCC1=CC(=O)C(C/C=C(\C)CCC=C(C)C)=C(O)C1=O. The molecule has 3 N–H and O–H groups in total. The predicted molar refractivity (Wildman–Crippen MR) is 210 cm³/mol. The molecule has 0 atom stereocenters. The fourth-order valence-corrected chi connectivity index (χ4v) is 5.73. The number of nitrogens with one attached hydrogen (secondary N) is 1. The van der Waals surface area contributed by atoms with E-state index in [1.54, 1.807) is 0 Å². The van der Waals surface area contributed by atoms with Gasteiger partial charge >= 0.3 is 0 Å². The number of rotatable bonds is 20. The van der Waals surface area contributed by atoms with Gasteiger partial charge in [-0.15, -0.1) is 0 Å². The molecule has 0 saturated heterocycles. The lowest BCUT2D eigenvalue weighted by molar-refractivity contribution is -0.132. The summed E-state index contributed by atoms with van der Waals surface area (Å²) in [4.78, 5) is 49.6. The summed E-state index contributed by atoms with van der Waals surface area (Å²) in [5, 5.41) is 23.9. The molecule has 0 aromatic carbocycles. The van der Waals surface area contributed by atoms with Crippen molar-refractivity contribution in [3.8, 4) is 0 Å². The second-order valence-corrected chi connectivity index (χ2v) is 14.1. The van der Waals surface area contributed by atoms with Gasteiger partial charge in [-0.1, -0.05) is 86.1 Å². The zero-order valence-corrected chi connectivity index (χ0v) is 33.0. The molecule has 0 heterocycles. The first kappa shape index (κ1) is 45.0. The van der Waals surface area contributed by atoms with Crippen molar-refractivity contribution in [2.45, 2.75) is 152 Å². The zero-order valence-electron chi connectivity index (χ0n) is 33.0. The van der Waals surface area contributed by atoms with Crippen LogP contribution in [0.5, 0.6) is 0 Å². The number of allylic oxidation sites excluding steroid dienone is 13. The van der Waals surface area contributed by atoms with Crippen molar-refractivity contribution < 1.29 is 29.4 Å². The highest BCUT2D eigenvalue weighted by molar-refractivity contribution is 6.50. The lowest BCUT2D eigenvalue weighted by Crippen LogP contribution is -2.31. The molecule has 2 rings (SSSR count). The Kier molecular flexibility index (Phi) is 21.4. The van der Waals surface area contributed by atoms with Crippen LogP contribution in [0.15, 0.2) is 92.2 Å². The van der Waals surface area contributed by atoms with E-state index in [9.17, 15) is 29.4 Å². The Morgan fingerprint density at radius 2 is 1.10 bits per heavy atom. The van der Waals surface area contributed by atoms with Crippen LogP contribution in [-0.4, -0.2) is 39.9 Å². The molecule has 0 unspecified atom stereocenters. The second-order valence-electron chi connectivity index (χ2n) is 14.1. The minimum atomic E-state index is -0.561. The highest BCUT2D eigenvalue weighted by Gasteiger charge is 2.34. The lowest BCUT2D eigenvalue weighted by Gasteiger charge is -2.22. The van der Waals surface area contributed by atoms with E-state index in [-0.39, 0.29) is 40.7 Å². The van der Waals surface area contributed by atoms with Crippen LogP contribution in [0.3, 0.4) is 0 Å². The number of Topliss-reactive ketones (excluding diaryl/α,β-unsaturated/α-hetero) is 3. The molecule has 0 aliphatic heterocycles. The van der Waals surface area contributed by atoms with E-state index in [1.807, 2.05) is 32.9 Å². The number of carbonyl (C=O) groups excluding carboxylic acids is 4. The third-order valence-electron chi connectivity index (χ3n) is 8.90. The molecular formula is C44H65NO6. The van der Waals surface area contributed by atoms with Gasteiger partial charge in [0.1, 0.15) is 5.76 Å². The largest absolute Gasteiger partial charge is 0.505 e. The maximum atomic E-state index is 12.6. The van der Waals surface area contributed by atoms with Gasteiger partial charge in [-0.3, -0.25) is 19.2 Å². The molecule has 2 aliphatic rings. The lowest BCUT2D eigenvalue weighted by atomic mass is 9.87. The van der Waals surface area contributed by atoms with E-state index in [1.165, 1.54) is 17.2 Å². The Balaban J connectivity index is 0.000000514. The van der Waals surface area contributed by atoms with Gasteiger partial charge in [0, 0.05) is 23.3 Å². The van der Waals surface area contributed by atoms with E-state index in [0.717, 1.165) is 75.4 Å². The van der Waals surface area contributed by atoms with Gasteiger partial charge in [0.25, 0.3) is 0 Å². The normalized spacial score (nSPS) is 15.6. The molecule has 0 aromatic rings. The minimum absolute atomic E-state index is 0.0544. The molecule has 0 spiro atoms. The number of hydrogen-bond acceptors (Lipinski definition) is 7. The number of aliphatic hydroxyl groups excluding tert-OH is 2. The number of aliphatic hydroxyl groups is 2. The molecule has 0 amide bonds. The van der Waals surface area contributed by atoms with Crippen LogP contribution in [0.1, 0.15) is 152 Å². The summed E-state index contributed by atoms with van der Waals surface area (Å²) in [6.45, 7) is 19.0. The number of likely N-dealkylation sites (N-methyl/N-ethyl adjacent to an activating group) is 1. The van der Waals surface area contributed by atoms with Crippen molar-refractivity contribution >= 4 is 23.1 Å². The molecule has 0 bridgehead atoms. The first-order chi connectivity index (χ1) is 24.2. The summed E-state index contributed by atoms with van der Waals surface area (Å²) in [7, 11) is 0. The van der Waals surface area contributed by atoms with E-state index in [2.05, 4.69) is 59.0 Å². The van der Waals surface area contributed by atoms with Crippen molar-refractivity contribution in [3.63, 3.8) is 0 Å². The average molecular weight is 704 g/mol. The Hall–Kier alpha value is -4.00. The van der Waals surface area contributed by atoms with Gasteiger partial charge in [-0.25, -0.2) is 0 Å². The van der Waals surface area contributed by atoms with Gasteiger partial charge < -0.3 is 15.5 Å². The van der Waals surface area contributed by atoms with Crippen molar-refractivity contribution in [1.82, 2.24) is 5.32 Å². The van der Waals surface area contributed by atoms with Gasteiger partial charge in [0.15, 0.2) is 11.5 Å². The van der Waals surface area contributed by atoms with E-state index < -0.39 is 11.6 Å². The molecule has 0 fully saturated rings. The maximum absolute atomic E-state index is 12.6. The summed E-state index contributed by atoms with van der Waals surface area (Å²) in [6, 6.07) is 0. The summed E-state index contributed by atoms with van der Waals surface area (Å²) in [5.41, 5.74) is 6.63. The van der Waals surface area contributed by atoms with Gasteiger partial charge in [-0.05, 0) is 119 Å². The Bertz CT molecular complexity index is 1500. The summed E-state index contributed by atoms with van der Waals surface area (Å²) in [6.07, 6.45) is 20.9. The van der Waals surface area contributed by atoms with E-state index in [4.69, 9.17) is 0 Å². The fraction of sp³-hybridized carbons (Fsp3) is 0.545. The third-order valence-corrected chi connectivity index (χ3v) is 8.90. The molecule has 0 saturated carbocycles. The maximum Gasteiger partial charge on any atom is 0.233 e. The van der Waals surface area contributed by atoms with Gasteiger partial charge in [0.2, 0.25) is 17.3 Å². The first-order valence-corrected chi connectivity index (χ1v) is 19.0. The Morgan fingerprint density at radius 1 is 0.608 bits per heavy atom. The van der Waals surface area contributed by atoms with Crippen LogP contribution >= 0.6 is 0 Å². The topological polar surface area (TPSA) is 121 Å². The smallest absolute Gasteiger partial charge is 0.233 e. The quantitative estimate of drug-likeness (QED) is 0.0379. The Labute approximate surface area is 308 Å². The molecule has 51 heavy (non-hydrogen) atoms. The number of unbranched alkanes of at least 4 members (excludes halogenated alkanes) is 4. The summed E-state index contributed by atoms with van der Waals surface area (Å²) < 4.78 is 0. The monoisotopic (exact) mass is 703 g/mol. The third kappa shape index (κ3) is 15.8. The van der Waals surface area contributed by atoms with Gasteiger partial charge in [-0.2, -0.15) is 0 Å². The molecule has 0 aromatic heterocycles. The molecule has 2 aliphatic carbocycles. The fourth-order valence-electron chi connectivity index (χ4n) is 5.73. The van der Waals surface area contributed by atoms with E-state index in [0.29, 0.717) is 42.7 Å². The van der Waals surface area contributed by atoms with Gasteiger partial charge in [0.05, 0.1) is 11.3 Å². The molecule has 7 nitrogen and oxygen atoms in total. The van der Waals surface area contributed by atoms with Crippen LogP contribution in [0.25, 0.3) is 0 Å². The molecule has 282 valence electrons. The average Bonchev–Trinajstić information content (AvgIpc) is 3.07. The summed E-state index contributed by atoms with van der Waals surface area (Å²) >= 11 is 0. The second kappa shape index (κ2) is 24.2. The molecule has 0 radical (unpaired) electrons. The van der Waals surface area contributed by atoms with Crippen LogP contribution in [0.4, 0.5) is 0 Å². The van der Waals surface area contributed by atoms with Crippen molar-refractivity contribution in [3.05, 3.63) is 92.2 Å². The van der Waals surface area contributed by atoms with Crippen molar-refractivity contribution in [2.24, 2.45) is 0 Å². The Morgan fingerprint density at radius 3 is 1.59 bits per heavy atom. The number of carbonyl (C=O) groups is 4. The molecular weight excluding hydrogens is 638 g/mol. The van der Waals surface area contributed by atoms with Crippen molar-refractivity contribution in [2.75, 3.05) is 6.54 Å².